The molecular formula is C10H18N4O4S2. The molecule has 0 atom stereocenters. The van der Waals surface area contributed by atoms with Crippen molar-refractivity contribution in [1.82, 2.24) is 9.62 Å². The molecule has 0 bridgehead atoms. The molecule has 2 N–H and O–H groups in total. The van der Waals surface area contributed by atoms with Crippen LogP contribution >= 0.6 is 11.3 Å². The zero-order valence-electron chi connectivity index (χ0n) is 11.5. The summed E-state index contributed by atoms with van der Waals surface area (Å²) >= 11 is 0.843. The van der Waals surface area contributed by atoms with Crippen molar-refractivity contribution in [2.75, 3.05) is 39.0 Å². The van der Waals surface area contributed by atoms with Gasteiger partial charge in [-0.15, -0.1) is 0 Å². The molecule has 0 amide bonds. The lowest BCUT2D eigenvalue weighted by Gasteiger charge is -2.13. The Morgan fingerprint density at radius 3 is 2.60 bits per heavy atom. The second-order valence-electron chi connectivity index (χ2n) is 4.08. The van der Waals surface area contributed by atoms with Gasteiger partial charge in [-0.1, -0.05) is 18.3 Å². The third kappa shape index (κ3) is 4.13. The first-order valence-electron chi connectivity index (χ1n) is 5.96. The molecular weight excluding hydrogens is 304 g/mol. The number of nitrogens with one attached hydrogen (secondary N) is 2. The van der Waals surface area contributed by atoms with E-state index in [0.29, 0.717) is 6.54 Å². The molecule has 0 fully saturated rings. The maximum atomic E-state index is 12.0. The highest BCUT2D eigenvalue weighted by molar-refractivity contribution is 7.91. The number of hydrogen-bond acceptors (Lipinski definition) is 7. The van der Waals surface area contributed by atoms with E-state index < -0.39 is 14.9 Å². The Bertz CT molecular complexity index is 570. The van der Waals surface area contributed by atoms with E-state index in [1.807, 2.05) is 18.9 Å². The van der Waals surface area contributed by atoms with Crippen LogP contribution in [0.25, 0.3) is 0 Å². The molecule has 1 aromatic rings. The van der Waals surface area contributed by atoms with Gasteiger partial charge in [0.25, 0.3) is 0 Å². The molecule has 0 saturated carbocycles. The van der Waals surface area contributed by atoms with Gasteiger partial charge in [0.1, 0.15) is 4.21 Å². The van der Waals surface area contributed by atoms with Crippen molar-refractivity contribution in [3.05, 3.63) is 16.2 Å². The predicted molar refractivity (Wildman–Crippen MR) is 78.9 cm³/mol. The standard InChI is InChI=1S/C10H18N4O4S2/c1-4-13(3)6-5-12-20(17,18)9-7-8(14(15)16)10(11-2)19-9/h7,11-12H,4-6H2,1-3H3. The molecule has 0 aliphatic carbocycles. The van der Waals surface area contributed by atoms with Crippen molar-refractivity contribution in [3.63, 3.8) is 0 Å². The normalized spacial score (nSPS) is 11.8. The molecule has 1 aromatic heterocycles. The Labute approximate surface area is 122 Å². The Morgan fingerprint density at radius 1 is 1.50 bits per heavy atom. The van der Waals surface area contributed by atoms with E-state index in [1.54, 1.807) is 0 Å². The van der Waals surface area contributed by atoms with Crippen molar-refractivity contribution in [3.8, 4) is 0 Å². The minimum absolute atomic E-state index is 0.0623. The number of anilines is 1. The minimum atomic E-state index is -3.71. The molecule has 0 aliphatic rings. The second kappa shape index (κ2) is 6.97. The van der Waals surface area contributed by atoms with E-state index in [2.05, 4.69) is 10.0 Å². The molecule has 114 valence electrons. The van der Waals surface area contributed by atoms with Crippen molar-refractivity contribution in [1.29, 1.82) is 0 Å². The van der Waals surface area contributed by atoms with E-state index in [1.165, 1.54) is 7.05 Å². The zero-order chi connectivity index (χ0) is 15.3. The average Bonchev–Trinajstić information content (AvgIpc) is 2.83. The number of nitro groups is 1. The third-order valence-corrected chi connectivity index (χ3v) is 5.78. The molecule has 1 heterocycles. The number of likely N-dealkylation sites (N-methyl/N-ethyl adjacent to an activating group) is 1. The SMILES string of the molecule is CCN(C)CCNS(=O)(=O)c1cc([N+](=O)[O-])c(NC)s1. The fourth-order valence-corrected chi connectivity index (χ4v) is 3.75. The van der Waals surface area contributed by atoms with E-state index in [-0.39, 0.29) is 21.4 Å². The summed E-state index contributed by atoms with van der Waals surface area (Å²) in [6, 6.07) is 1.07. The molecule has 0 unspecified atom stereocenters. The second-order valence-corrected chi connectivity index (χ2v) is 7.13. The predicted octanol–water partition coefficient (Wildman–Crippen LogP) is 0.928. The maximum absolute atomic E-state index is 12.0. The van der Waals surface area contributed by atoms with Crippen LogP contribution in [-0.2, 0) is 10.0 Å². The summed E-state index contributed by atoms with van der Waals surface area (Å²) in [6.07, 6.45) is 0. The van der Waals surface area contributed by atoms with E-state index >= 15 is 0 Å². The van der Waals surface area contributed by atoms with Crippen LogP contribution in [0.4, 0.5) is 10.7 Å². The average molecular weight is 322 g/mol. The topological polar surface area (TPSA) is 105 Å². The number of rotatable bonds is 8. The molecule has 1 rings (SSSR count). The summed E-state index contributed by atoms with van der Waals surface area (Å²) in [5.41, 5.74) is -0.233. The van der Waals surface area contributed by atoms with Crippen molar-refractivity contribution >= 4 is 32.0 Å². The number of thiophene rings is 1. The lowest BCUT2D eigenvalue weighted by molar-refractivity contribution is -0.383. The third-order valence-electron chi connectivity index (χ3n) is 2.70. The van der Waals surface area contributed by atoms with Crippen LogP contribution in [0.3, 0.4) is 0 Å². The van der Waals surface area contributed by atoms with Gasteiger partial charge in [-0.05, 0) is 13.6 Å². The first-order chi connectivity index (χ1) is 9.31. The number of hydrogen-bond donors (Lipinski definition) is 2. The number of nitrogens with zero attached hydrogens (tertiary/aromatic N) is 2. The quantitative estimate of drug-likeness (QED) is 0.545. The van der Waals surface area contributed by atoms with Crippen molar-refractivity contribution in [2.45, 2.75) is 11.1 Å². The Hall–Kier alpha value is -1.23. The van der Waals surface area contributed by atoms with E-state index in [9.17, 15) is 18.5 Å². The lowest BCUT2D eigenvalue weighted by atomic mass is 10.5. The van der Waals surface area contributed by atoms with E-state index in [4.69, 9.17) is 0 Å². The Kier molecular flexibility index (Phi) is 5.87. The summed E-state index contributed by atoms with van der Waals surface area (Å²) in [5, 5.41) is 13.7. The van der Waals surface area contributed by atoms with Gasteiger partial charge in [0.15, 0.2) is 5.00 Å². The molecule has 8 nitrogen and oxygen atoms in total. The molecule has 10 heteroatoms. The monoisotopic (exact) mass is 322 g/mol. The summed E-state index contributed by atoms with van der Waals surface area (Å²) < 4.78 is 26.4. The van der Waals surface area contributed by atoms with Crippen LogP contribution in [0.1, 0.15) is 6.92 Å². The summed E-state index contributed by atoms with van der Waals surface area (Å²) in [4.78, 5) is 12.2. The first-order valence-corrected chi connectivity index (χ1v) is 8.26. The highest BCUT2D eigenvalue weighted by atomic mass is 32.2. The van der Waals surface area contributed by atoms with Gasteiger partial charge >= 0.3 is 5.69 Å². The summed E-state index contributed by atoms with van der Waals surface area (Å²) in [6.45, 7) is 3.61. The lowest BCUT2D eigenvalue weighted by Crippen LogP contribution is -2.32. The summed E-state index contributed by atoms with van der Waals surface area (Å²) in [7, 11) is -0.321. The molecule has 0 saturated heterocycles. The molecule has 0 aliphatic heterocycles. The van der Waals surface area contributed by atoms with E-state index in [0.717, 1.165) is 23.9 Å². The van der Waals surface area contributed by atoms with Crippen LogP contribution in [0.15, 0.2) is 10.3 Å². The fourth-order valence-electron chi connectivity index (χ4n) is 1.41. The minimum Gasteiger partial charge on any atom is -0.374 e. The van der Waals surface area contributed by atoms with Crippen LogP contribution in [0, 0.1) is 10.1 Å². The fraction of sp³-hybridized carbons (Fsp3) is 0.600. The van der Waals surface area contributed by atoms with Crippen LogP contribution in [-0.4, -0.2) is 52.0 Å². The summed E-state index contributed by atoms with van der Waals surface area (Å²) in [5.74, 6) is 0. The smallest absolute Gasteiger partial charge is 0.304 e. The maximum Gasteiger partial charge on any atom is 0.304 e. The van der Waals surface area contributed by atoms with Crippen molar-refractivity contribution < 1.29 is 13.3 Å². The molecule has 0 spiro atoms. The molecule has 0 aromatic carbocycles. The Balaban J connectivity index is 2.85. The largest absolute Gasteiger partial charge is 0.374 e. The van der Waals surface area contributed by atoms with Gasteiger partial charge in [-0.25, -0.2) is 13.1 Å². The Morgan fingerprint density at radius 2 is 2.15 bits per heavy atom. The van der Waals surface area contributed by atoms with Gasteiger partial charge in [0.05, 0.1) is 4.92 Å². The first kappa shape index (κ1) is 16.8. The van der Waals surface area contributed by atoms with Gasteiger partial charge < -0.3 is 10.2 Å². The highest BCUT2D eigenvalue weighted by Crippen LogP contribution is 2.36. The van der Waals surface area contributed by atoms with Gasteiger partial charge in [-0.3, -0.25) is 10.1 Å². The highest BCUT2D eigenvalue weighted by Gasteiger charge is 2.25. The van der Waals surface area contributed by atoms with Gasteiger partial charge in [-0.2, -0.15) is 0 Å². The van der Waals surface area contributed by atoms with Crippen molar-refractivity contribution in [2.24, 2.45) is 0 Å². The zero-order valence-corrected chi connectivity index (χ0v) is 13.2. The van der Waals surface area contributed by atoms with Gasteiger partial charge in [0, 0.05) is 26.2 Å². The molecule has 20 heavy (non-hydrogen) atoms. The van der Waals surface area contributed by atoms with Crippen LogP contribution in [0.2, 0.25) is 0 Å². The molecule has 0 radical (unpaired) electrons. The van der Waals surface area contributed by atoms with Crippen LogP contribution < -0.4 is 10.0 Å². The number of sulfonamides is 1. The van der Waals surface area contributed by atoms with Crippen LogP contribution in [0.5, 0.6) is 0 Å². The van der Waals surface area contributed by atoms with Gasteiger partial charge in [0.2, 0.25) is 10.0 Å².